The van der Waals surface area contributed by atoms with Crippen LogP contribution in [0.25, 0.3) is 0 Å². The predicted octanol–water partition coefficient (Wildman–Crippen LogP) is 3.88. The minimum Gasteiger partial charge on any atom is -0.357 e. The lowest BCUT2D eigenvalue weighted by molar-refractivity contribution is -0.138. The molecule has 0 aromatic heterocycles. The van der Waals surface area contributed by atoms with Crippen molar-refractivity contribution in [3.05, 3.63) is 70.5 Å². The van der Waals surface area contributed by atoms with E-state index < -0.39 is 6.04 Å². The first-order valence-electron chi connectivity index (χ1n) is 8.48. The van der Waals surface area contributed by atoms with Crippen LogP contribution in [0.15, 0.2) is 48.5 Å². The Labute approximate surface area is 168 Å². The van der Waals surface area contributed by atoms with Crippen LogP contribution in [0.3, 0.4) is 0 Å². The number of thioether (sulfide) groups is 1. The maximum atomic E-state index is 13.1. The zero-order valence-electron chi connectivity index (χ0n) is 15.2. The third-order valence-electron chi connectivity index (χ3n) is 4.06. The van der Waals surface area contributed by atoms with Gasteiger partial charge in [0.15, 0.2) is 0 Å². The lowest BCUT2D eigenvalue weighted by atomic mass is 10.1. The third kappa shape index (κ3) is 6.56. The van der Waals surface area contributed by atoms with E-state index in [2.05, 4.69) is 5.32 Å². The molecule has 2 amide bonds. The molecule has 0 aliphatic rings. The normalized spacial score (nSPS) is 11.7. The first kappa shape index (κ1) is 21.3. The highest BCUT2D eigenvalue weighted by molar-refractivity contribution is 7.99. The van der Waals surface area contributed by atoms with E-state index in [-0.39, 0.29) is 29.9 Å². The summed E-state index contributed by atoms with van der Waals surface area (Å²) in [4.78, 5) is 26.3. The second kappa shape index (κ2) is 10.3. The van der Waals surface area contributed by atoms with Crippen molar-refractivity contribution < 1.29 is 14.0 Å². The molecule has 1 atom stereocenters. The number of nitrogens with zero attached hydrogens (tertiary/aromatic N) is 1. The van der Waals surface area contributed by atoms with Gasteiger partial charge in [0, 0.05) is 24.4 Å². The molecule has 7 heteroatoms. The number of likely N-dealkylation sites (N-methyl/N-ethyl adjacent to an activating group) is 1. The molecule has 0 saturated carbocycles. The van der Waals surface area contributed by atoms with Crippen molar-refractivity contribution in [3.8, 4) is 0 Å². The van der Waals surface area contributed by atoms with Gasteiger partial charge < -0.3 is 10.2 Å². The van der Waals surface area contributed by atoms with Crippen LogP contribution in [0, 0.1) is 5.82 Å². The minimum absolute atomic E-state index is 0.151. The molecule has 2 rings (SSSR count). The summed E-state index contributed by atoms with van der Waals surface area (Å²) in [6.07, 6.45) is 0. The number of carbonyl (C=O) groups excluding carboxylic acids is 2. The fraction of sp³-hybridized carbons (Fsp3) is 0.300. The van der Waals surface area contributed by atoms with Crippen molar-refractivity contribution in [1.29, 1.82) is 0 Å². The molecule has 0 fully saturated rings. The molecule has 27 heavy (non-hydrogen) atoms. The largest absolute Gasteiger partial charge is 0.357 e. The van der Waals surface area contributed by atoms with Gasteiger partial charge in [-0.15, -0.1) is 11.8 Å². The molecule has 0 aliphatic heterocycles. The van der Waals surface area contributed by atoms with Gasteiger partial charge in [0.25, 0.3) is 0 Å². The van der Waals surface area contributed by atoms with Crippen LogP contribution in [0.4, 0.5) is 4.39 Å². The fourth-order valence-electron chi connectivity index (χ4n) is 2.54. The second-order valence-electron chi connectivity index (χ2n) is 6.06. The lowest BCUT2D eigenvalue weighted by Crippen LogP contribution is -2.47. The Kier molecular flexibility index (Phi) is 8.13. The summed E-state index contributed by atoms with van der Waals surface area (Å²) in [6.45, 7) is 1.92. The first-order valence-corrected chi connectivity index (χ1v) is 10.0. The van der Waals surface area contributed by atoms with Crippen molar-refractivity contribution in [2.75, 3.05) is 12.8 Å². The molecule has 1 unspecified atom stereocenters. The summed E-state index contributed by atoms with van der Waals surface area (Å²) in [5.74, 6) is 0.140. The number of amides is 2. The summed E-state index contributed by atoms with van der Waals surface area (Å²) in [5, 5.41) is 3.23. The first-order chi connectivity index (χ1) is 12.9. The highest BCUT2D eigenvalue weighted by Gasteiger charge is 2.25. The van der Waals surface area contributed by atoms with Crippen LogP contribution in [0.2, 0.25) is 5.02 Å². The van der Waals surface area contributed by atoms with Gasteiger partial charge in [0.1, 0.15) is 11.9 Å². The Morgan fingerprint density at radius 3 is 2.52 bits per heavy atom. The molecule has 1 N–H and O–H groups in total. The van der Waals surface area contributed by atoms with Crippen LogP contribution < -0.4 is 5.32 Å². The Hall–Kier alpha value is -2.05. The predicted molar refractivity (Wildman–Crippen MR) is 108 cm³/mol. The van der Waals surface area contributed by atoms with Crippen LogP contribution >= 0.6 is 23.4 Å². The number of nitrogens with one attached hydrogen (secondary N) is 1. The average molecular weight is 409 g/mol. The van der Waals surface area contributed by atoms with E-state index in [1.54, 1.807) is 25.1 Å². The van der Waals surface area contributed by atoms with Gasteiger partial charge in [-0.05, 0) is 42.3 Å². The molecule has 0 aliphatic carbocycles. The van der Waals surface area contributed by atoms with Crippen LogP contribution in [0.1, 0.15) is 18.1 Å². The molecule has 0 bridgehead atoms. The van der Waals surface area contributed by atoms with E-state index in [4.69, 9.17) is 11.6 Å². The van der Waals surface area contributed by atoms with E-state index in [9.17, 15) is 14.0 Å². The van der Waals surface area contributed by atoms with Crippen LogP contribution in [-0.2, 0) is 21.9 Å². The van der Waals surface area contributed by atoms with Gasteiger partial charge in [0.2, 0.25) is 11.8 Å². The van der Waals surface area contributed by atoms with E-state index in [1.165, 1.54) is 35.8 Å². The Bertz CT molecular complexity index is 786. The van der Waals surface area contributed by atoms with Crippen molar-refractivity contribution in [3.63, 3.8) is 0 Å². The summed E-state index contributed by atoms with van der Waals surface area (Å²) >= 11 is 7.43. The van der Waals surface area contributed by atoms with Gasteiger partial charge in [-0.2, -0.15) is 0 Å². The zero-order chi connectivity index (χ0) is 19.8. The quantitative estimate of drug-likeness (QED) is 0.721. The third-order valence-corrected chi connectivity index (χ3v) is 5.29. The van der Waals surface area contributed by atoms with Gasteiger partial charge in [-0.3, -0.25) is 9.59 Å². The molecule has 144 valence electrons. The highest BCUT2D eigenvalue weighted by Crippen LogP contribution is 2.18. The molecule has 0 heterocycles. The minimum atomic E-state index is -0.626. The number of rotatable bonds is 8. The SMILES string of the molecule is CNC(=O)C(C)N(Cc1ccc(F)cc1)C(=O)CSCc1cccc(Cl)c1. The van der Waals surface area contributed by atoms with Crippen LogP contribution in [-0.4, -0.2) is 35.6 Å². The van der Waals surface area contributed by atoms with Gasteiger partial charge in [-0.25, -0.2) is 4.39 Å². The van der Waals surface area contributed by atoms with Gasteiger partial charge >= 0.3 is 0 Å². The Morgan fingerprint density at radius 1 is 1.19 bits per heavy atom. The summed E-state index contributed by atoms with van der Waals surface area (Å²) in [7, 11) is 1.53. The summed E-state index contributed by atoms with van der Waals surface area (Å²) in [6, 6.07) is 12.8. The van der Waals surface area contributed by atoms with Gasteiger partial charge in [-0.1, -0.05) is 35.9 Å². The maximum absolute atomic E-state index is 13.1. The molecular weight excluding hydrogens is 387 g/mol. The van der Waals surface area contributed by atoms with Crippen molar-refractivity contribution >= 4 is 35.2 Å². The zero-order valence-corrected chi connectivity index (χ0v) is 16.8. The number of hydrogen-bond donors (Lipinski definition) is 1. The smallest absolute Gasteiger partial charge is 0.242 e. The number of halogens is 2. The summed E-state index contributed by atoms with van der Waals surface area (Å²) < 4.78 is 13.1. The highest BCUT2D eigenvalue weighted by atomic mass is 35.5. The molecule has 2 aromatic rings. The number of carbonyl (C=O) groups is 2. The standard InChI is InChI=1S/C20H22ClFN2O2S/c1-14(20(26)23-2)24(11-15-6-8-18(22)9-7-15)19(25)13-27-12-16-4-3-5-17(21)10-16/h3-10,14H,11-13H2,1-2H3,(H,23,26). The number of benzene rings is 2. The molecule has 0 saturated heterocycles. The van der Waals surface area contributed by atoms with E-state index in [0.717, 1.165) is 11.1 Å². The molecule has 0 spiro atoms. The summed E-state index contributed by atoms with van der Waals surface area (Å²) in [5.41, 5.74) is 1.80. The fourth-order valence-corrected chi connectivity index (χ4v) is 3.61. The Morgan fingerprint density at radius 2 is 1.89 bits per heavy atom. The van der Waals surface area contributed by atoms with Crippen molar-refractivity contribution in [2.45, 2.75) is 25.3 Å². The monoisotopic (exact) mass is 408 g/mol. The van der Waals surface area contributed by atoms with Crippen molar-refractivity contribution in [1.82, 2.24) is 10.2 Å². The van der Waals surface area contributed by atoms with E-state index >= 15 is 0 Å². The average Bonchev–Trinajstić information content (AvgIpc) is 2.66. The van der Waals surface area contributed by atoms with E-state index in [0.29, 0.717) is 10.8 Å². The molecule has 4 nitrogen and oxygen atoms in total. The maximum Gasteiger partial charge on any atom is 0.242 e. The molecular formula is C20H22ClFN2O2S. The number of hydrogen-bond acceptors (Lipinski definition) is 3. The topological polar surface area (TPSA) is 49.4 Å². The molecule has 2 aromatic carbocycles. The van der Waals surface area contributed by atoms with Crippen molar-refractivity contribution in [2.24, 2.45) is 0 Å². The van der Waals surface area contributed by atoms with E-state index in [1.807, 2.05) is 18.2 Å². The van der Waals surface area contributed by atoms with Gasteiger partial charge in [0.05, 0.1) is 5.75 Å². The lowest BCUT2D eigenvalue weighted by Gasteiger charge is -2.28. The van der Waals surface area contributed by atoms with Crippen LogP contribution in [0.5, 0.6) is 0 Å². The second-order valence-corrected chi connectivity index (χ2v) is 7.48. The Balaban J connectivity index is 2.03. The molecule has 0 radical (unpaired) electrons.